The number of fused-ring (bicyclic) bond motifs is 1. The van der Waals surface area contributed by atoms with Gasteiger partial charge in [-0.3, -0.25) is 4.98 Å². The van der Waals surface area contributed by atoms with Gasteiger partial charge in [-0.1, -0.05) is 36.2 Å². The number of urea groups is 1. The molecule has 3 rings (SSSR count). The third-order valence-electron chi connectivity index (χ3n) is 5.39. The summed E-state index contributed by atoms with van der Waals surface area (Å²) in [6, 6.07) is 4.19. The summed E-state index contributed by atoms with van der Waals surface area (Å²) in [6.45, 7) is 2.59. The smallest absolute Gasteiger partial charge is 0.391 e. The van der Waals surface area contributed by atoms with Gasteiger partial charge in [0.2, 0.25) is 0 Å². The van der Waals surface area contributed by atoms with Crippen molar-refractivity contribution in [3.8, 4) is 0 Å². The predicted molar refractivity (Wildman–Crippen MR) is 117 cm³/mol. The highest BCUT2D eigenvalue weighted by Crippen LogP contribution is 2.33. The van der Waals surface area contributed by atoms with Gasteiger partial charge in [-0.25, -0.2) is 4.79 Å². The number of amides is 2. The van der Waals surface area contributed by atoms with Gasteiger partial charge in [0.05, 0.1) is 22.5 Å². The fraction of sp³-hybridized carbons (Fsp3) is 0.455. The van der Waals surface area contributed by atoms with Crippen molar-refractivity contribution in [2.75, 3.05) is 13.2 Å². The van der Waals surface area contributed by atoms with Crippen LogP contribution in [0.2, 0.25) is 10.0 Å². The molecular weight excluding hydrogens is 466 g/mol. The van der Waals surface area contributed by atoms with Crippen LogP contribution in [-0.4, -0.2) is 40.3 Å². The molecule has 0 spiro atoms. The minimum Gasteiger partial charge on any atom is -0.396 e. The normalized spacial score (nSPS) is 15.8. The molecule has 1 unspecified atom stereocenters. The van der Waals surface area contributed by atoms with Crippen molar-refractivity contribution in [1.82, 2.24) is 15.2 Å². The van der Waals surface area contributed by atoms with Crippen molar-refractivity contribution in [3.05, 3.63) is 62.9 Å². The molecule has 0 aliphatic carbocycles. The quantitative estimate of drug-likeness (QED) is 0.576. The molecule has 0 bridgehead atoms. The number of pyridine rings is 1. The van der Waals surface area contributed by atoms with E-state index in [1.165, 1.54) is 23.1 Å². The Morgan fingerprint density at radius 2 is 2.00 bits per heavy atom. The topological polar surface area (TPSA) is 65.5 Å². The van der Waals surface area contributed by atoms with E-state index in [0.29, 0.717) is 19.4 Å². The Balaban J connectivity index is 1.75. The lowest BCUT2D eigenvalue weighted by atomic mass is 9.98. The Hall–Kier alpha value is -2.03. The number of nitrogens with zero attached hydrogens (tertiary/aromatic N) is 2. The van der Waals surface area contributed by atoms with Gasteiger partial charge in [-0.15, -0.1) is 0 Å². The number of hydrogen-bond donors (Lipinski definition) is 2. The van der Waals surface area contributed by atoms with Gasteiger partial charge in [0.1, 0.15) is 0 Å². The molecule has 2 amide bonds. The van der Waals surface area contributed by atoms with Crippen LogP contribution in [0.3, 0.4) is 0 Å². The molecule has 10 heteroatoms. The molecule has 1 aromatic carbocycles. The molecule has 5 nitrogen and oxygen atoms in total. The van der Waals surface area contributed by atoms with Gasteiger partial charge in [0.15, 0.2) is 0 Å². The second-order valence-corrected chi connectivity index (χ2v) is 8.92. The number of aliphatic hydroxyl groups is 1. The summed E-state index contributed by atoms with van der Waals surface area (Å²) in [6.07, 6.45) is -2.79. The van der Waals surface area contributed by atoms with Crippen LogP contribution in [0.1, 0.15) is 41.8 Å². The fourth-order valence-corrected chi connectivity index (χ4v) is 3.95. The molecular formula is C22H24Cl2F3N3O2. The van der Waals surface area contributed by atoms with Crippen molar-refractivity contribution in [2.24, 2.45) is 5.92 Å². The second-order valence-electron chi connectivity index (χ2n) is 8.10. The van der Waals surface area contributed by atoms with E-state index in [1.54, 1.807) is 6.20 Å². The van der Waals surface area contributed by atoms with Crippen LogP contribution in [0.4, 0.5) is 18.0 Å². The van der Waals surface area contributed by atoms with E-state index in [9.17, 15) is 23.1 Å². The summed E-state index contributed by atoms with van der Waals surface area (Å²) in [5.74, 6) is 0.0536. The van der Waals surface area contributed by atoms with Crippen molar-refractivity contribution < 1.29 is 23.1 Å². The number of benzene rings is 1. The first kappa shape index (κ1) is 24.6. The number of alkyl halides is 3. The fourth-order valence-electron chi connectivity index (χ4n) is 3.65. The highest BCUT2D eigenvalue weighted by molar-refractivity contribution is 6.42. The summed E-state index contributed by atoms with van der Waals surface area (Å²) >= 11 is 11.9. The Labute approximate surface area is 194 Å². The van der Waals surface area contributed by atoms with Crippen LogP contribution in [0.5, 0.6) is 0 Å². The SMILES string of the molecule is C[C@@H](CO)Cc1cc2c(cn1)CCN(C(=O)NC(CC(F)(F)F)c1ccc(Cl)c(Cl)c1)C2. The van der Waals surface area contributed by atoms with Crippen molar-refractivity contribution in [2.45, 2.75) is 44.9 Å². The maximum absolute atomic E-state index is 13.2. The number of nitrogens with one attached hydrogen (secondary N) is 1. The second kappa shape index (κ2) is 10.3. The minimum absolute atomic E-state index is 0.0443. The number of aliphatic hydroxyl groups excluding tert-OH is 1. The third-order valence-corrected chi connectivity index (χ3v) is 6.13. The van der Waals surface area contributed by atoms with Crippen LogP contribution >= 0.6 is 23.2 Å². The van der Waals surface area contributed by atoms with E-state index >= 15 is 0 Å². The molecule has 2 heterocycles. The highest BCUT2D eigenvalue weighted by Gasteiger charge is 2.34. The monoisotopic (exact) mass is 489 g/mol. The lowest BCUT2D eigenvalue weighted by Gasteiger charge is -2.31. The van der Waals surface area contributed by atoms with E-state index < -0.39 is 24.7 Å². The summed E-state index contributed by atoms with van der Waals surface area (Å²) in [4.78, 5) is 18.8. The van der Waals surface area contributed by atoms with Gasteiger partial charge in [0, 0.05) is 31.6 Å². The molecule has 2 atom stereocenters. The summed E-state index contributed by atoms with van der Waals surface area (Å²) in [7, 11) is 0. The first-order valence-electron chi connectivity index (χ1n) is 10.2. The van der Waals surface area contributed by atoms with Crippen molar-refractivity contribution >= 4 is 29.2 Å². The molecule has 0 saturated carbocycles. The van der Waals surface area contributed by atoms with Crippen molar-refractivity contribution in [1.29, 1.82) is 0 Å². The lowest BCUT2D eigenvalue weighted by Crippen LogP contribution is -2.44. The molecule has 174 valence electrons. The number of halogens is 5. The number of hydrogen-bond acceptors (Lipinski definition) is 3. The maximum Gasteiger partial charge on any atom is 0.391 e. The number of carbonyl (C=O) groups excluding carboxylic acids is 1. The van der Waals surface area contributed by atoms with E-state index in [1.807, 2.05) is 13.0 Å². The first-order valence-corrected chi connectivity index (χ1v) is 11.0. The van der Waals surface area contributed by atoms with Crippen LogP contribution in [-0.2, 0) is 19.4 Å². The zero-order valence-corrected chi connectivity index (χ0v) is 18.9. The highest BCUT2D eigenvalue weighted by atomic mass is 35.5. The number of aromatic nitrogens is 1. The van der Waals surface area contributed by atoms with E-state index in [-0.39, 0.29) is 34.7 Å². The van der Waals surface area contributed by atoms with Crippen LogP contribution < -0.4 is 5.32 Å². The molecule has 0 fully saturated rings. The Morgan fingerprint density at radius 3 is 2.66 bits per heavy atom. The summed E-state index contributed by atoms with van der Waals surface area (Å²) < 4.78 is 39.6. The van der Waals surface area contributed by atoms with E-state index in [0.717, 1.165) is 16.8 Å². The maximum atomic E-state index is 13.2. The summed E-state index contributed by atoms with van der Waals surface area (Å²) in [5, 5.41) is 12.1. The first-order chi connectivity index (χ1) is 15.1. The molecule has 0 saturated heterocycles. The number of rotatable bonds is 6. The molecule has 0 radical (unpaired) electrons. The summed E-state index contributed by atoms with van der Waals surface area (Å²) in [5.41, 5.74) is 2.94. The molecule has 1 aliphatic heterocycles. The zero-order chi connectivity index (χ0) is 23.5. The van der Waals surface area contributed by atoms with Gasteiger partial charge < -0.3 is 15.3 Å². The van der Waals surface area contributed by atoms with Gasteiger partial charge in [-0.05, 0) is 53.6 Å². The van der Waals surface area contributed by atoms with E-state index in [2.05, 4.69) is 10.3 Å². The van der Waals surface area contributed by atoms with Gasteiger partial charge >= 0.3 is 12.2 Å². The van der Waals surface area contributed by atoms with Crippen LogP contribution in [0.25, 0.3) is 0 Å². The van der Waals surface area contributed by atoms with Gasteiger partial charge in [0.25, 0.3) is 0 Å². The Bertz CT molecular complexity index is 972. The number of carbonyl (C=O) groups is 1. The van der Waals surface area contributed by atoms with Crippen LogP contribution in [0.15, 0.2) is 30.5 Å². The average Bonchev–Trinajstić information content (AvgIpc) is 2.73. The Morgan fingerprint density at radius 1 is 1.25 bits per heavy atom. The lowest BCUT2D eigenvalue weighted by molar-refractivity contribution is -0.139. The van der Waals surface area contributed by atoms with E-state index in [4.69, 9.17) is 23.2 Å². The standard InChI is InChI=1S/C22H24Cl2F3N3O2/c1-13(12-31)6-17-7-16-11-30(5-4-15(16)10-28-17)21(32)29-20(9-22(25,26)27)14-2-3-18(23)19(24)8-14/h2-3,7-8,10,13,20,31H,4-6,9,11-12H2,1H3,(H,29,32)/t13-,20?/m1/s1. The largest absolute Gasteiger partial charge is 0.396 e. The molecule has 32 heavy (non-hydrogen) atoms. The average molecular weight is 490 g/mol. The Kier molecular flexibility index (Phi) is 7.90. The molecule has 2 aromatic rings. The molecule has 1 aliphatic rings. The molecule has 2 N–H and O–H groups in total. The minimum atomic E-state index is -4.48. The van der Waals surface area contributed by atoms with Crippen LogP contribution in [0, 0.1) is 5.92 Å². The van der Waals surface area contributed by atoms with Gasteiger partial charge in [-0.2, -0.15) is 13.2 Å². The molecule has 1 aromatic heterocycles. The predicted octanol–water partition coefficient (Wildman–Crippen LogP) is 5.32. The zero-order valence-electron chi connectivity index (χ0n) is 17.4. The third kappa shape index (κ3) is 6.49. The van der Waals surface area contributed by atoms with Crippen molar-refractivity contribution in [3.63, 3.8) is 0 Å².